The summed E-state index contributed by atoms with van der Waals surface area (Å²) in [6, 6.07) is 9.65. The van der Waals surface area contributed by atoms with Crippen molar-refractivity contribution in [1.82, 2.24) is 19.9 Å². The van der Waals surface area contributed by atoms with Crippen molar-refractivity contribution in [3.8, 4) is 21.9 Å². The van der Waals surface area contributed by atoms with Gasteiger partial charge in [-0.05, 0) is 25.2 Å². The van der Waals surface area contributed by atoms with Crippen LogP contribution in [-0.4, -0.2) is 53.1 Å². The summed E-state index contributed by atoms with van der Waals surface area (Å²) in [6.07, 6.45) is 3.68. The highest BCUT2D eigenvalue weighted by Crippen LogP contribution is 2.35. The Morgan fingerprint density at radius 3 is 2.71 bits per heavy atom. The number of benzene rings is 1. The van der Waals surface area contributed by atoms with Gasteiger partial charge in [0, 0.05) is 44.1 Å². The first-order chi connectivity index (χ1) is 13.7. The number of nitrogen functional groups attached to an aromatic ring is 1. The third kappa shape index (κ3) is 3.10. The molecule has 0 aliphatic carbocycles. The van der Waals surface area contributed by atoms with E-state index in [1.807, 2.05) is 36.5 Å². The lowest BCUT2D eigenvalue weighted by atomic mass is 10.1. The normalized spacial score (nSPS) is 15.4. The molecule has 0 saturated carbocycles. The van der Waals surface area contributed by atoms with Gasteiger partial charge in [-0.1, -0.05) is 23.5 Å². The van der Waals surface area contributed by atoms with E-state index in [-0.39, 0.29) is 0 Å². The molecule has 0 unspecified atom stereocenters. The number of hydrogen-bond acceptors (Lipinski definition) is 8. The first-order valence-corrected chi connectivity index (χ1v) is 10.0. The van der Waals surface area contributed by atoms with E-state index >= 15 is 0 Å². The molecule has 0 radical (unpaired) electrons. The smallest absolute Gasteiger partial charge is 0.231 e. The molecule has 28 heavy (non-hydrogen) atoms. The number of likely N-dealkylation sites (N-methyl/N-ethyl adjacent to an activating group) is 1. The van der Waals surface area contributed by atoms with Gasteiger partial charge in [0.05, 0.1) is 10.4 Å². The summed E-state index contributed by atoms with van der Waals surface area (Å²) in [6.45, 7) is 4.11. The van der Waals surface area contributed by atoms with Crippen LogP contribution in [-0.2, 0) is 0 Å². The van der Waals surface area contributed by atoms with Gasteiger partial charge in [-0.15, -0.1) is 0 Å². The van der Waals surface area contributed by atoms with E-state index in [1.165, 1.54) is 0 Å². The zero-order valence-corrected chi connectivity index (χ0v) is 16.3. The van der Waals surface area contributed by atoms with Crippen molar-refractivity contribution >= 4 is 33.4 Å². The van der Waals surface area contributed by atoms with Crippen molar-refractivity contribution in [1.29, 1.82) is 0 Å². The summed E-state index contributed by atoms with van der Waals surface area (Å²) >= 11 is 1.67. The van der Waals surface area contributed by atoms with Crippen LogP contribution in [0.5, 0.6) is 0 Å². The molecule has 5 rings (SSSR count). The number of piperazine rings is 1. The van der Waals surface area contributed by atoms with Gasteiger partial charge in [0.1, 0.15) is 11.3 Å². The van der Waals surface area contributed by atoms with E-state index in [0.29, 0.717) is 17.3 Å². The Morgan fingerprint density at radius 2 is 1.89 bits per heavy atom. The minimum Gasteiger partial charge on any atom is -0.436 e. The van der Waals surface area contributed by atoms with Gasteiger partial charge in [-0.2, -0.15) is 0 Å². The monoisotopic (exact) mass is 392 g/mol. The first-order valence-electron chi connectivity index (χ1n) is 9.18. The fraction of sp³-hybridized carbons (Fsp3) is 0.250. The second-order valence-corrected chi connectivity index (χ2v) is 7.95. The molecule has 4 heterocycles. The lowest BCUT2D eigenvalue weighted by molar-refractivity contribution is 0.313. The van der Waals surface area contributed by atoms with Gasteiger partial charge in [-0.25, -0.2) is 15.0 Å². The van der Waals surface area contributed by atoms with Crippen molar-refractivity contribution in [2.24, 2.45) is 0 Å². The maximum atomic E-state index is 6.12. The number of pyridine rings is 1. The number of oxazole rings is 1. The van der Waals surface area contributed by atoms with Crippen LogP contribution < -0.4 is 10.6 Å². The molecule has 2 N–H and O–H groups in total. The van der Waals surface area contributed by atoms with E-state index in [2.05, 4.69) is 31.8 Å². The molecule has 1 fully saturated rings. The predicted octanol–water partition coefficient (Wildman–Crippen LogP) is 3.35. The number of para-hydroxylation sites is 2. The molecule has 4 aromatic rings. The summed E-state index contributed by atoms with van der Waals surface area (Å²) in [7, 11) is 2.15. The van der Waals surface area contributed by atoms with Crippen LogP contribution in [0.2, 0.25) is 0 Å². The van der Waals surface area contributed by atoms with Crippen LogP contribution in [0.15, 0.2) is 47.1 Å². The molecule has 0 spiro atoms. The SMILES string of the molecule is CN1CCN(c2ncc(-c3cnc(N)c(-c4nc5ccccc5o4)c3)s2)CC1. The van der Waals surface area contributed by atoms with E-state index in [9.17, 15) is 0 Å². The van der Waals surface area contributed by atoms with E-state index < -0.39 is 0 Å². The number of nitrogens with two attached hydrogens (primary N) is 1. The van der Waals surface area contributed by atoms with Gasteiger partial charge >= 0.3 is 0 Å². The van der Waals surface area contributed by atoms with Crippen LogP contribution in [0.3, 0.4) is 0 Å². The Morgan fingerprint density at radius 1 is 1.07 bits per heavy atom. The Hall–Kier alpha value is -2.97. The third-order valence-corrected chi connectivity index (χ3v) is 6.10. The molecule has 1 saturated heterocycles. The van der Waals surface area contributed by atoms with Gasteiger partial charge in [0.2, 0.25) is 5.89 Å². The quantitative estimate of drug-likeness (QED) is 0.572. The molecule has 1 aliphatic heterocycles. The molecular formula is C20H20N6OS. The average Bonchev–Trinajstić information content (AvgIpc) is 3.36. The molecule has 1 aliphatic rings. The maximum absolute atomic E-state index is 6.12. The third-order valence-electron chi connectivity index (χ3n) is 4.99. The minimum atomic E-state index is 0.402. The largest absolute Gasteiger partial charge is 0.436 e. The highest BCUT2D eigenvalue weighted by molar-refractivity contribution is 7.18. The summed E-state index contributed by atoms with van der Waals surface area (Å²) in [5.74, 6) is 0.885. The Labute approximate surface area is 166 Å². The maximum Gasteiger partial charge on any atom is 0.231 e. The fourth-order valence-electron chi connectivity index (χ4n) is 3.31. The van der Waals surface area contributed by atoms with Gasteiger partial charge in [-0.3, -0.25) is 0 Å². The molecule has 7 nitrogen and oxygen atoms in total. The standard InChI is InChI=1S/C20H20N6OS/c1-25-6-8-26(9-7-25)20-23-12-17(28-20)13-10-14(18(21)22-11-13)19-24-15-4-2-3-5-16(15)27-19/h2-5,10-12H,6-9H2,1H3,(H2,21,22). The lowest BCUT2D eigenvalue weighted by Crippen LogP contribution is -2.44. The minimum absolute atomic E-state index is 0.402. The van der Waals surface area contributed by atoms with Gasteiger partial charge in [0.15, 0.2) is 10.7 Å². The van der Waals surface area contributed by atoms with Crippen molar-refractivity contribution in [2.75, 3.05) is 43.9 Å². The predicted molar refractivity (Wildman–Crippen MR) is 112 cm³/mol. The summed E-state index contributed by atoms with van der Waals surface area (Å²) in [5.41, 5.74) is 9.32. The van der Waals surface area contributed by atoms with Crippen LogP contribution in [0, 0.1) is 0 Å². The number of rotatable bonds is 3. The Kier molecular flexibility index (Phi) is 4.22. The zero-order chi connectivity index (χ0) is 19.1. The fourth-order valence-corrected chi connectivity index (χ4v) is 4.26. The van der Waals surface area contributed by atoms with Crippen molar-refractivity contribution in [3.63, 3.8) is 0 Å². The second-order valence-electron chi connectivity index (χ2n) is 6.94. The average molecular weight is 392 g/mol. The number of anilines is 2. The molecule has 8 heteroatoms. The van der Waals surface area contributed by atoms with Gasteiger partial charge in [0.25, 0.3) is 0 Å². The van der Waals surface area contributed by atoms with Crippen LogP contribution >= 0.6 is 11.3 Å². The number of hydrogen-bond donors (Lipinski definition) is 1. The Balaban J connectivity index is 1.47. The highest BCUT2D eigenvalue weighted by Gasteiger charge is 2.19. The van der Waals surface area contributed by atoms with Gasteiger partial charge < -0.3 is 20.0 Å². The number of nitrogens with zero attached hydrogens (tertiary/aromatic N) is 5. The molecule has 1 aromatic carbocycles. The van der Waals surface area contributed by atoms with E-state index in [1.54, 1.807) is 17.5 Å². The number of aromatic nitrogens is 3. The molecule has 0 amide bonds. The topological polar surface area (TPSA) is 84.3 Å². The van der Waals surface area contributed by atoms with Crippen molar-refractivity contribution in [3.05, 3.63) is 42.7 Å². The number of thiazole rings is 1. The van der Waals surface area contributed by atoms with Crippen molar-refractivity contribution in [2.45, 2.75) is 0 Å². The van der Waals surface area contributed by atoms with E-state index in [4.69, 9.17) is 10.2 Å². The summed E-state index contributed by atoms with van der Waals surface area (Å²) in [4.78, 5) is 19.3. The summed E-state index contributed by atoms with van der Waals surface area (Å²) in [5, 5.41) is 1.04. The van der Waals surface area contributed by atoms with Crippen LogP contribution in [0.1, 0.15) is 0 Å². The molecule has 0 atom stereocenters. The van der Waals surface area contributed by atoms with Crippen molar-refractivity contribution < 1.29 is 4.42 Å². The van der Waals surface area contributed by atoms with Crippen LogP contribution in [0.25, 0.3) is 33.0 Å². The zero-order valence-electron chi connectivity index (χ0n) is 15.5. The summed E-state index contributed by atoms with van der Waals surface area (Å²) < 4.78 is 5.88. The number of fused-ring (bicyclic) bond motifs is 1. The van der Waals surface area contributed by atoms with Crippen LogP contribution in [0.4, 0.5) is 10.9 Å². The highest BCUT2D eigenvalue weighted by atomic mass is 32.1. The molecular weight excluding hydrogens is 372 g/mol. The molecule has 3 aromatic heterocycles. The molecule has 142 valence electrons. The molecule has 0 bridgehead atoms. The van der Waals surface area contributed by atoms with E-state index in [0.717, 1.165) is 52.9 Å². The second kappa shape index (κ2) is 6.88. The lowest BCUT2D eigenvalue weighted by Gasteiger charge is -2.32. The Bertz CT molecular complexity index is 1100. The first kappa shape index (κ1) is 17.2.